The minimum Gasteiger partial charge on any atom is -0.356 e. The molecule has 1 aromatic carbocycles. The fourth-order valence-corrected chi connectivity index (χ4v) is 2.27. The van der Waals surface area contributed by atoms with Crippen LogP contribution in [0.3, 0.4) is 0 Å². The van der Waals surface area contributed by atoms with Crippen LogP contribution in [0.2, 0.25) is 0 Å². The molecule has 4 nitrogen and oxygen atoms in total. The number of nitrogens with one attached hydrogen (secondary N) is 2. The van der Waals surface area contributed by atoms with E-state index in [0.717, 1.165) is 50.3 Å². The molecule has 0 aromatic heterocycles. The highest BCUT2D eigenvalue weighted by Gasteiger charge is 2.29. The molecule has 2 N–H and O–H groups in total. The van der Waals surface area contributed by atoms with E-state index in [0.29, 0.717) is 12.5 Å². The number of benzene rings is 1. The van der Waals surface area contributed by atoms with Crippen molar-refractivity contribution in [3.63, 3.8) is 0 Å². The zero-order valence-electron chi connectivity index (χ0n) is 14.6. The molecular formula is C17H27F3N4. The first-order valence-corrected chi connectivity index (χ1v) is 8.23. The molecule has 136 valence electrons. The maximum absolute atomic E-state index is 12.5. The number of hydrogen-bond donors (Lipinski definition) is 2. The monoisotopic (exact) mass is 344 g/mol. The second-order valence-electron chi connectivity index (χ2n) is 5.43. The van der Waals surface area contributed by atoms with Crippen molar-refractivity contribution in [3.8, 4) is 0 Å². The molecule has 0 aliphatic rings. The summed E-state index contributed by atoms with van der Waals surface area (Å²) >= 11 is 0. The largest absolute Gasteiger partial charge is 0.416 e. The normalized spacial score (nSPS) is 12.5. The number of guanidine groups is 1. The summed E-state index contributed by atoms with van der Waals surface area (Å²) in [6.45, 7) is 8.60. The van der Waals surface area contributed by atoms with E-state index in [1.807, 2.05) is 0 Å². The molecule has 0 spiro atoms. The Morgan fingerprint density at radius 1 is 1.08 bits per heavy atom. The van der Waals surface area contributed by atoms with Gasteiger partial charge in [0.1, 0.15) is 0 Å². The van der Waals surface area contributed by atoms with Crippen molar-refractivity contribution in [1.82, 2.24) is 15.5 Å². The van der Waals surface area contributed by atoms with Crippen molar-refractivity contribution in [2.75, 3.05) is 33.2 Å². The van der Waals surface area contributed by atoms with Crippen LogP contribution in [-0.2, 0) is 12.7 Å². The average Bonchev–Trinajstić information content (AvgIpc) is 2.57. The summed E-state index contributed by atoms with van der Waals surface area (Å²) in [4.78, 5) is 6.47. The molecule has 0 amide bonds. The first kappa shape index (κ1) is 20.3. The minimum absolute atomic E-state index is 0.424. The predicted octanol–water partition coefficient (Wildman–Crippen LogP) is 3.10. The van der Waals surface area contributed by atoms with E-state index in [9.17, 15) is 13.2 Å². The molecule has 0 atom stereocenters. The van der Waals surface area contributed by atoms with Gasteiger partial charge >= 0.3 is 6.18 Å². The van der Waals surface area contributed by atoms with Crippen LogP contribution in [0.15, 0.2) is 29.3 Å². The van der Waals surface area contributed by atoms with Gasteiger partial charge in [-0.2, -0.15) is 13.2 Å². The second-order valence-corrected chi connectivity index (χ2v) is 5.43. The zero-order valence-corrected chi connectivity index (χ0v) is 14.6. The minimum atomic E-state index is -4.30. The zero-order chi connectivity index (χ0) is 18.0. The van der Waals surface area contributed by atoms with E-state index in [-0.39, 0.29) is 0 Å². The van der Waals surface area contributed by atoms with Crippen molar-refractivity contribution in [3.05, 3.63) is 35.4 Å². The van der Waals surface area contributed by atoms with E-state index < -0.39 is 11.7 Å². The summed E-state index contributed by atoms with van der Waals surface area (Å²) < 4.78 is 37.6. The van der Waals surface area contributed by atoms with Crippen LogP contribution >= 0.6 is 0 Å². The molecule has 0 saturated heterocycles. The summed E-state index contributed by atoms with van der Waals surface area (Å²) in [6.07, 6.45) is -3.29. The third kappa shape index (κ3) is 7.21. The quantitative estimate of drug-likeness (QED) is 0.432. The molecule has 0 fully saturated rings. The lowest BCUT2D eigenvalue weighted by Gasteiger charge is -2.18. The molecule has 0 aliphatic heterocycles. The lowest BCUT2D eigenvalue weighted by Crippen LogP contribution is -2.38. The molecule has 24 heavy (non-hydrogen) atoms. The Hall–Kier alpha value is -1.76. The summed E-state index contributed by atoms with van der Waals surface area (Å²) in [6, 6.07) is 5.14. The lowest BCUT2D eigenvalue weighted by molar-refractivity contribution is -0.137. The number of hydrogen-bond acceptors (Lipinski definition) is 2. The Kier molecular flexibility index (Phi) is 8.60. The van der Waals surface area contributed by atoms with Gasteiger partial charge in [-0.3, -0.25) is 4.99 Å². The smallest absolute Gasteiger partial charge is 0.356 e. The number of rotatable bonds is 8. The molecule has 1 rings (SSSR count). The highest BCUT2D eigenvalue weighted by molar-refractivity contribution is 5.79. The molecule has 0 radical (unpaired) electrons. The number of nitrogens with zero attached hydrogens (tertiary/aromatic N) is 2. The second kappa shape index (κ2) is 10.2. The Morgan fingerprint density at radius 3 is 2.21 bits per heavy atom. The Labute approximate surface area is 142 Å². The Bertz CT molecular complexity index is 494. The van der Waals surface area contributed by atoms with Gasteiger partial charge in [0.15, 0.2) is 5.96 Å². The maximum Gasteiger partial charge on any atom is 0.416 e. The first-order chi connectivity index (χ1) is 11.4. The van der Waals surface area contributed by atoms with E-state index in [1.54, 1.807) is 7.05 Å². The van der Waals surface area contributed by atoms with Crippen molar-refractivity contribution in [2.24, 2.45) is 4.99 Å². The van der Waals surface area contributed by atoms with Crippen molar-refractivity contribution >= 4 is 5.96 Å². The molecule has 0 heterocycles. The molecule has 1 aromatic rings. The SMILES string of the molecule is CCN(CC)CCCNC(=NC)NCc1ccc(C(F)(F)F)cc1. The van der Waals surface area contributed by atoms with Crippen LogP contribution in [0.1, 0.15) is 31.4 Å². The van der Waals surface area contributed by atoms with Gasteiger partial charge in [0.2, 0.25) is 0 Å². The number of alkyl halides is 3. The Balaban J connectivity index is 2.36. The summed E-state index contributed by atoms with van der Waals surface area (Å²) in [7, 11) is 1.67. The van der Waals surface area contributed by atoms with Crippen molar-refractivity contribution < 1.29 is 13.2 Å². The summed E-state index contributed by atoms with van der Waals surface area (Å²) in [5, 5.41) is 6.32. The topological polar surface area (TPSA) is 39.7 Å². The average molecular weight is 344 g/mol. The van der Waals surface area contributed by atoms with E-state index in [4.69, 9.17) is 0 Å². The lowest BCUT2D eigenvalue weighted by atomic mass is 10.1. The van der Waals surface area contributed by atoms with Crippen molar-refractivity contribution in [2.45, 2.75) is 33.0 Å². The standard InChI is InChI=1S/C17H27F3N4/c1-4-24(5-2)12-6-11-22-16(21-3)23-13-14-7-9-15(10-8-14)17(18,19)20/h7-10H,4-6,11-13H2,1-3H3,(H2,21,22,23). The van der Waals surface area contributed by atoms with Gasteiger partial charge in [0.05, 0.1) is 5.56 Å². The molecule has 0 saturated carbocycles. The molecule has 0 aliphatic carbocycles. The van der Waals surface area contributed by atoms with Crippen LogP contribution in [-0.4, -0.2) is 44.1 Å². The van der Waals surface area contributed by atoms with Crippen LogP contribution in [0, 0.1) is 0 Å². The van der Waals surface area contributed by atoms with Gasteiger partial charge < -0.3 is 15.5 Å². The van der Waals surface area contributed by atoms with Crippen LogP contribution < -0.4 is 10.6 Å². The summed E-state index contributed by atoms with van der Waals surface area (Å²) in [5.74, 6) is 0.648. The molecule has 7 heteroatoms. The van der Waals surface area contributed by atoms with Gasteiger partial charge in [-0.05, 0) is 43.8 Å². The van der Waals surface area contributed by atoms with Gasteiger partial charge in [-0.25, -0.2) is 0 Å². The first-order valence-electron chi connectivity index (χ1n) is 8.23. The van der Waals surface area contributed by atoms with Crippen LogP contribution in [0.25, 0.3) is 0 Å². The summed E-state index contributed by atoms with van der Waals surface area (Å²) in [5.41, 5.74) is 0.138. The fraction of sp³-hybridized carbons (Fsp3) is 0.588. The van der Waals surface area contributed by atoms with Gasteiger partial charge in [0, 0.05) is 20.1 Å². The van der Waals surface area contributed by atoms with E-state index in [1.165, 1.54) is 12.1 Å². The molecule has 0 unspecified atom stereocenters. The third-order valence-electron chi connectivity index (χ3n) is 3.80. The predicted molar refractivity (Wildman–Crippen MR) is 92.1 cm³/mol. The maximum atomic E-state index is 12.5. The van der Waals surface area contributed by atoms with Crippen LogP contribution in [0.5, 0.6) is 0 Å². The molecular weight excluding hydrogens is 317 g/mol. The number of aliphatic imine (C=N–C) groups is 1. The van der Waals surface area contributed by atoms with E-state index in [2.05, 4.69) is 34.4 Å². The van der Waals surface area contributed by atoms with Gasteiger partial charge in [-0.1, -0.05) is 26.0 Å². The molecule has 0 bridgehead atoms. The third-order valence-corrected chi connectivity index (χ3v) is 3.80. The number of halogens is 3. The van der Waals surface area contributed by atoms with Gasteiger partial charge in [-0.15, -0.1) is 0 Å². The van der Waals surface area contributed by atoms with Crippen molar-refractivity contribution in [1.29, 1.82) is 0 Å². The Morgan fingerprint density at radius 2 is 1.71 bits per heavy atom. The van der Waals surface area contributed by atoms with Crippen LogP contribution in [0.4, 0.5) is 13.2 Å². The highest BCUT2D eigenvalue weighted by atomic mass is 19.4. The van der Waals surface area contributed by atoms with Gasteiger partial charge in [0.25, 0.3) is 0 Å². The highest BCUT2D eigenvalue weighted by Crippen LogP contribution is 2.28. The fourth-order valence-electron chi connectivity index (χ4n) is 2.27. The van der Waals surface area contributed by atoms with E-state index >= 15 is 0 Å².